The van der Waals surface area contributed by atoms with Crippen LogP contribution in [0.4, 0.5) is 0 Å². The summed E-state index contributed by atoms with van der Waals surface area (Å²) in [4.78, 5) is 25.8. The summed E-state index contributed by atoms with van der Waals surface area (Å²) in [5, 5.41) is 0. The van der Waals surface area contributed by atoms with E-state index in [-0.39, 0.29) is 5.78 Å². The van der Waals surface area contributed by atoms with Crippen molar-refractivity contribution in [3.8, 4) is 11.5 Å². The van der Waals surface area contributed by atoms with E-state index >= 15 is 0 Å². The molecule has 0 spiro atoms. The summed E-state index contributed by atoms with van der Waals surface area (Å²) in [5.74, 6) is 0.681. The molecule has 0 unspecified atom stereocenters. The maximum absolute atomic E-state index is 12.3. The molecule has 0 saturated heterocycles. The van der Waals surface area contributed by atoms with E-state index in [1.54, 1.807) is 55.3 Å². The third-order valence-corrected chi connectivity index (χ3v) is 4.85. The highest BCUT2D eigenvalue weighted by atomic mass is 32.2. The molecule has 136 valence electrons. The van der Waals surface area contributed by atoms with Crippen LogP contribution in [0.15, 0.2) is 82.6 Å². The number of Topliss-reactive ketones (excluding diaryl/α,β-unsaturated/α-hetero) is 1. The van der Waals surface area contributed by atoms with E-state index in [2.05, 4.69) is 0 Å². The highest BCUT2D eigenvalue weighted by molar-refractivity contribution is 7.99. The molecule has 0 fully saturated rings. The molecule has 27 heavy (non-hydrogen) atoms. The monoisotopic (exact) mass is 378 g/mol. The van der Waals surface area contributed by atoms with Crippen LogP contribution in [-0.4, -0.2) is 18.9 Å². The van der Waals surface area contributed by atoms with Crippen LogP contribution in [0.2, 0.25) is 0 Å². The summed E-state index contributed by atoms with van der Waals surface area (Å²) in [7, 11) is 1.64. The standard InChI is InChI=1S/C22H18O4S/c1-15(23)16-4-3-5-17(14-16)22(24)26-19-8-12-21(13-9-19)27-20-10-6-18(25-2)7-11-20/h3-14H,1-2H3. The Balaban J connectivity index is 1.65. The number of ketones is 1. The summed E-state index contributed by atoms with van der Waals surface area (Å²) < 4.78 is 10.5. The lowest BCUT2D eigenvalue weighted by atomic mass is 10.1. The zero-order chi connectivity index (χ0) is 19.2. The molecule has 0 N–H and O–H groups in total. The molecule has 0 aliphatic carbocycles. The summed E-state index contributed by atoms with van der Waals surface area (Å²) in [6, 6.07) is 21.6. The molecule has 3 aromatic rings. The van der Waals surface area contributed by atoms with Crippen LogP contribution in [0.3, 0.4) is 0 Å². The van der Waals surface area contributed by atoms with Gasteiger partial charge < -0.3 is 9.47 Å². The van der Waals surface area contributed by atoms with E-state index in [0.29, 0.717) is 16.9 Å². The summed E-state index contributed by atoms with van der Waals surface area (Å²) in [5.41, 5.74) is 0.829. The van der Waals surface area contributed by atoms with Crippen LogP contribution in [-0.2, 0) is 0 Å². The first-order chi connectivity index (χ1) is 13.0. The molecule has 0 radical (unpaired) electrons. The summed E-state index contributed by atoms with van der Waals surface area (Å²) in [6.07, 6.45) is 0. The highest BCUT2D eigenvalue weighted by Crippen LogP contribution is 2.30. The Kier molecular flexibility index (Phi) is 5.94. The molecule has 3 aromatic carbocycles. The van der Waals surface area contributed by atoms with E-state index in [9.17, 15) is 9.59 Å². The van der Waals surface area contributed by atoms with Gasteiger partial charge in [0, 0.05) is 15.4 Å². The van der Waals surface area contributed by atoms with Crippen molar-refractivity contribution in [1.29, 1.82) is 0 Å². The van der Waals surface area contributed by atoms with E-state index in [1.165, 1.54) is 6.92 Å². The van der Waals surface area contributed by atoms with E-state index in [4.69, 9.17) is 9.47 Å². The maximum atomic E-state index is 12.3. The third kappa shape index (κ3) is 4.99. The molecule has 0 aliphatic heterocycles. The van der Waals surface area contributed by atoms with Crippen LogP contribution in [0.5, 0.6) is 11.5 Å². The van der Waals surface area contributed by atoms with Crippen molar-refractivity contribution >= 4 is 23.5 Å². The molecular formula is C22H18O4S. The number of rotatable bonds is 6. The number of esters is 1. The summed E-state index contributed by atoms with van der Waals surface area (Å²) >= 11 is 1.60. The molecule has 0 atom stereocenters. The number of carbonyl (C=O) groups is 2. The van der Waals surface area contributed by atoms with Gasteiger partial charge in [-0.25, -0.2) is 4.79 Å². The number of benzene rings is 3. The van der Waals surface area contributed by atoms with Gasteiger partial charge >= 0.3 is 5.97 Å². The maximum Gasteiger partial charge on any atom is 0.343 e. The Morgan fingerprint density at radius 2 is 1.33 bits per heavy atom. The highest BCUT2D eigenvalue weighted by Gasteiger charge is 2.11. The fourth-order valence-corrected chi connectivity index (χ4v) is 3.20. The molecule has 0 aromatic heterocycles. The van der Waals surface area contributed by atoms with Crippen molar-refractivity contribution < 1.29 is 19.1 Å². The predicted octanol–water partition coefficient (Wildman–Crippen LogP) is 5.27. The number of carbonyl (C=O) groups excluding carboxylic acids is 2. The van der Waals surface area contributed by atoms with Gasteiger partial charge in [-0.15, -0.1) is 0 Å². The van der Waals surface area contributed by atoms with Crippen LogP contribution in [0.1, 0.15) is 27.6 Å². The number of ether oxygens (including phenoxy) is 2. The molecule has 0 bridgehead atoms. The lowest BCUT2D eigenvalue weighted by Gasteiger charge is -2.07. The lowest BCUT2D eigenvalue weighted by Crippen LogP contribution is -2.09. The molecule has 0 amide bonds. The second-order valence-electron chi connectivity index (χ2n) is 5.78. The van der Waals surface area contributed by atoms with Crippen molar-refractivity contribution in [2.45, 2.75) is 16.7 Å². The number of hydrogen-bond acceptors (Lipinski definition) is 5. The molecule has 0 saturated carbocycles. The zero-order valence-corrected chi connectivity index (χ0v) is 15.8. The van der Waals surface area contributed by atoms with Gasteiger partial charge in [0.1, 0.15) is 11.5 Å². The fourth-order valence-electron chi connectivity index (χ4n) is 2.39. The minimum Gasteiger partial charge on any atom is -0.497 e. The normalized spacial score (nSPS) is 10.3. The predicted molar refractivity (Wildman–Crippen MR) is 105 cm³/mol. The van der Waals surface area contributed by atoms with Crippen LogP contribution < -0.4 is 9.47 Å². The van der Waals surface area contributed by atoms with Gasteiger partial charge in [0.2, 0.25) is 0 Å². The fraction of sp³-hybridized carbons (Fsp3) is 0.0909. The van der Waals surface area contributed by atoms with Crippen molar-refractivity contribution in [2.24, 2.45) is 0 Å². The Hall–Kier alpha value is -3.05. The van der Waals surface area contributed by atoms with Gasteiger partial charge in [-0.1, -0.05) is 23.9 Å². The summed E-state index contributed by atoms with van der Waals surface area (Å²) in [6.45, 7) is 1.46. The van der Waals surface area contributed by atoms with E-state index < -0.39 is 5.97 Å². The SMILES string of the molecule is COc1ccc(Sc2ccc(OC(=O)c3cccc(C(C)=O)c3)cc2)cc1. The van der Waals surface area contributed by atoms with Gasteiger partial charge in [-0.3, -0.25) is 4.79 Å². The van der Waals surface area contributed by atoms with Gasteiger partial charge in [-0.2, -0.15) is 0 Å². The van der Waals surface area contributed by atoms with Gasteiger partial charge in [-0.05, 0) is 67.6 Å². The Labute approximate surface area is 162 Å². The van der Waals surface area contributed by atoms with Crippen molar-refractivity contribution in [3.63, 3.8) is 0 Å². The molecule has 0 aliphatic rings. The molecule has 0 heterocycles. The largest absolute Gasteiger partial charge is 0.497 e. The number of hydrogen-bond donors (Lipinski definition) is 0. The number of methoxy groups -OCH3 is 1. The third-order valence-electron chi connectivity index (χ3n) is 3.83. The van der Waals surface area contributed by atoms with Crippen LogP contribution >= 0.6 is 11.8 Å². The van der Waals surface area contributed by atoms with Crippen molar-refractivity contribution in [1.82, 2.24) is 0 Å². The average Bonchev–Trinajstić information content (AvgIpc) is 2.70. The second kappa shape index (κ2) is 8.56. The van der Waals surface area contributed by atoms with Crippen molar-refractivity contribution in [3.05, 3.63) is 83.9 Å². The minimum absolute atomic E-state index is 0.0930. The van der Waals surface area contributed by atoms with E-state index in [0.717, 1.165) is 15.5 Å². The Bertz CT molecular complexity index is 947. The molecular weight excluding hydrogens is 360 g/mol. The Morgan fingerprint density at radius 3 is 1.89 bits per heavy atom. The van der Waals surface area contributed by atoms with Gasteiger partial charge in [0.05, 0.1) is 12.7 Å². The average molecular weight is 378 g/mol. The first-order valence-electron chi connectivity index (χ1n) is 8.30. The van der Waals surface area contributed by atoms with Crippen molar-refractivity contribution in [2.75, 3.05) is 7.11 Å². The first-order valence-corrected chi connectivity index (χ1v) is 9.12. The van der Waals surface area contributed by atoms with Crippen LogP contribution in [0, 0.1) is 0 Å². The van der Waals surface area contributed by atoms with Gasteiger partial charge in [0.15, 0.2) is 5.78 Å². The minimum atomic E-state index is -0.492. The molecule has 4 nitrogen and oxygen atoms in total. The quantitative estimate of drug-likeness (QED) is 0.332. The topological polar surface area (TPSA) is 52.6 Å². The first kappa shape index (κ1) is 18.7. The van der Waals surface area contributed by atoms with Gasteiger partial charge in [0.25, 0.3) is 0 Å². The second-order valence-corrected chi connectivity index (χ2v) is 6.92. The smallest absolute Gasteiger partial charge is 0.343 e. The molecule has 5 heteroatoms. The molecule has 3 rings (SSSR count). The van der Waals surface area contributed by atoms with Crippen LogP contribution in [0.25, 0.3) is 0 Å². The Morgan fingerprint density at radius 1 is 0.778 bits per heavy atom. The lowest BCUT2D eigenvalue weighted by molar-refractivity contribution is 0.0734. The van der Waals surface area contributed by atoms with E-state index in [1.807, 2.05) is 36.4 Å². The zero-order valence-electron chi connectivity index (χ0n) is 15.0.